The van der Waals surface area contributed by atoms with E-state index in [9.17, 15) is 0 Å². The maximum absolute atomic E-state index is 5.41. The molecule has 1 aromatic heterocycles. The minimum atomic E-state index is 0.849. The molecule has 1 heteroatoms. The fraction of sp³-hybridized carbons (Fsp3) is 0.667. The molecule has 2 rings (SSSR count). The SMILES string of the molecule is CCc1cc(CC(C)C2CC2)co1. The highest BCUT2D eigenvalue weighted by Crippen LogP contribution is 2.38. The predicted molar refractivity (Wildman–Crippen MR) is 53.7 cm³/mol. The molecule has 1 nitrogen and oxygen atoms in total. The third-order valence-electron chi connectivity index (χ3n) is 3.04. The molecule has 1 saturated carbocycles. The molecule has 1 atom stereocenters. The van der Waals surface area contributed by atoms with Crippen LogP contribution < -0.4 is 0 Å². The molecule has 1 aliphatic rings. The minimum Gasteiger partial charge on any atom is -0.469 e. The molecular formula is C12H18O. The molecule has 1 aliphatic carbocycles. The third kappa shape index (κ3) is 2.15. The van der Waals surface area contributed by atoms with E-state index in [1.165, 1.54) is 24.8 Å². The van der Waals surface area contributed by atoms with Crippen LogP contribution in [0.1, 0.15) is 38.0 Å². The molecule has 13 heavy (non-hydrogen) atoms. The summed E-state index contributed by atoms with van der Waals surface area (Å²) in [7, 11) is 0. The van der Waals surface area contributed by atoms with Crippen LogP contribution in [-0.4, -0.2) is 0 Å². The van der Waals surface area contributed by atoms with Gasteiger partial charge in [-0.2, -0.15) is 0 Å². The first-order valence-corrected chi connectivity index (χ1v) is 5.36. The topological polar surface area (TPSA) is 13.1 Å². The van der Waals surface area contributed by atoms with Crippen LogP contribution in [0.2, 0.25) is 0 Å². The van der Waals surface area contributed by atoms with Crippen molar-refractivity contribution in [1.29, 1.82) is 0 Å². The van der Waals surface area contributed by atoms with Crippen LogP contribution in [0, 0.1) is 11.8 Å². The van der Waals surface area contributed by atoms with Crippen LogP contribution in [0.25, 0.3) is 0 Å². The number of rotatable bonds is 4. The van der Waals surface area contributed by atoms with Crippen LogP contribution in [0.15, 0.2) is 16.7 Å². The van der Waals surface area contributed by atoms with Gasteiger partial charge in [0.2, 0.25) is 0 Å². The fourth-order valence-electron chi connectivity index (χ4n) is 1.92. The van der Waals surface area contributed by atoms with Gasteiger partial charge in [-0.15, -0.1) is 0 Å². The van der Waals surface area contributed by atoms with Crippen molar-refractivity contribution in [2.45, 2.75) is 39.5 Å². The molecule has 0 aliphatic heterocycles. The maximum atomic E-state index is 5.41. The Labute approximate surface area is 80.1 Å². The zero-order chi connectivity index (χ0) is 9.26. The van der Waals surface area contributed by atoms with Crippen LogP contribution in [-0.2, 0) is 12.8 Å². The van der Waals surface area contributed by atoms with Gasteiger partial charge in [0.25, 0.3) is 0 Å². The van der Waals surface area contributed by atoms with E-state index >= 15 is 0 Å². The van der Waals surface area contributed by atoms with Crippen molar-refractivity contribution >= 4 is 0 Å². The highest BCUT2D eigenvalue weighted by atomic mass is 16.3. The Bertz CT molecular complexity index is 270. The Morgan fingerprint density at radius 3 is 2.85 bits per heavy atom. The summed E-state index contributed by atoms with van der Waals surface area (Å²) in [6.07, 6.45) is 7.03. The summed E-state index contributed by atoms with van der Waals surface area (Å²) in [5.41, 5.74) is 1.39. The molecule has 1 heterocycles. The van der Waals surface area contributed by atoms with Gasteiger partial charge in [0, 0.05) is 6.42 Å². The zero-order valence-electron chi connectivity index (χ0n) is 8.55. The van der Waals surface area contributed by atoms with Crippen molar-refractivity contribution in [3.05, 3.63) is 23.7 Å². The molecule has 1 fully saturated rings. The number of hydrogen-bond acceptors (Lipinski definition) is 1. The first kappa shape index (κ1) is 8.86. The van der Waals surface area contributed by atoms with Crippen LogP contribution >= 0.6 is 0 Å². The summed E-state index contributed by atoms with van der Waals surface area (Å²) in [4.78, 5) is 0. The lowest BCUT2D eigenvalue weighted by molar-refractivity contribution is 0.491. The van der Waals surface area contributed by atoms with Gasteiger partial charge in [-0.3, -0.25) is 0 Å². The summed E-state index contributed by atoms with van der Waals surface area (Å²) in [6.45, 7) is 4.49. The molecule has 0 aromatic carbocycles. The lowest BCUT2D eigenvalue weighted by atomic mass is 9.98. The molecule has 0 amide bonds. The molecule has 0 N–H and O–H groups in total. The maximum Gasteiger partial charge on any atom is 0.103 e. The monoisotopic (exact) mass is 178 g/mol. The highest BCUT2D eigenvalue weighted by Gasteiger charge is 2.27. The van der Waals surface area contributed by atoms with Gasteiger partial charge >= 0.3 is 0 Å². The Hall–Kier alpha value is -0.720. The lowest BCUT2D eigenvalue weighted by Crippen LogP contribution is -2.00. The number of furan rings is 1. The van der Waals surface area contributed by atoms with Crippen molar-refractivity contribution in [1.82, 2.24) is 0 Å². The molecule has 0 spiro atoms. The normalized spacial score (nSPS) is 18.9. The first-order chi connectivity index (χ1) is 6.29. The fourth-order valence-corrected chi connectivity index (χ4v) is 1.92. The van der Waals surface area contributed by atoms with Gasteiger partial charge in [0.15, 0.2) is 0 Å². The van der Waals surface area contributed by atoms with Gasteiger partial charge in [-0.05, 0) is 42.7 Å². The van der Waals surface area contributed by atoms with Crippen LogP contribution in [0.5, 0.6) is 0 Å². The highest BCUT2D eigenvalue weighted by molar-refractivity contribution is 5.13. The van der Waals surface area contributed by atoms with E-state index in [-0.39, 0.29) is 0 Å². The van der Waals surface area contributed by atoms with Crippen molar-refractivity contribution in [2.24, 2.45) is 11.8 Å². The molecular weight excluding hydrogens is 160 g/mol. The molecule has 0 saturated heterocycles. The van der Waals surface area contributed by atoms with E-state index in [0.29, 0.717) is 0 Å². The standard InChI is InChI=1S/C12H18O/c1-3-12-7-10(8-13-12)6-9(2)11-4-5-11/h7-9,11H,3-6H2,1-2H3. The van der Waals surface area contributed by atoms with E-state index in [1.54, 1.807) is 0 Å². The second kappa shape index (κ2) is 3.57. The minimum absolute atomic E-state index is 0.849. The van der Waals surface area contributed by atoms with E-state index in [0.717, 1.165) is 24.0 Å². The zero-order valence-corrected chi connectivity index (χ0v) is 8.55. The quantitative estimate of drug-likeness (QED) is 0.688. The third-order valence-corrected chi connectivity index (χ3v) is 3.04. The Kier molecular flexibility index (Phi) is 2.43. The average molecular weight is 178 g/mol. The van der Waals surface area contributed by atoms with Crippen molar-refractivity contribution in [3.63, 3.8) is 0 Å². The van der Waals surface area contributed by atoms with Gasteiger partial charge in [0.1, 0.15) is 5.76 Å². The van der Waals surface area contributed by atoms with Crippen molar-refractivity contribution in [2.75, 3.05) is 0 Å². The molecule has 72 valence electrons. The molecule has 0 radical (unpaired) electrons. The van der Waals surface area contributed by atoms with Gasteiger partial charge in [0.05, 0.1) is 6.26 Å². The number of aryl methyl sites for hydroxylation is 1. The Morgan fingerprint density at radius 1 is 1.54 bits per heavy atom. The van der Waals surface area contributed by atoms with Gasteiger partial charge in [-0.1, -0.05) is 13.8 Å². The van der Waals surface area contributed by atoms with E-state index < -0.39 is 0 Å². The average Bonchev–Trinajstić information content (AvgIpc) is 2.88. The largest absolute Gasteiger partial charge is 0.469 e. The molecule has 1 unspecified atom stereocenters. The Balaban J connectivity index is 1.92. The van der Waals surface area contributed by atoms with Crippen molar-refractivity contribution < 1.29 is 4.42 Å². The first-order valence-electron chi connectivity index (χ1n) is 5.36. The Morgan fingerprint density at radius 2 is 2.31 bits per heavy atom. The summed E-state index contributed by atoms with van der Waals surface area (Å²) >= 11 is 0. The van der Waals surface area contributed by atoms with Gasteiger partial charge < -0.3 is 4.42 Å². The summed E-state index contributed by atoms with van der Waals surface area (Å²) in [6, 6.07) is 2.21. The second-order valence-corrected chi connectivity index (χ2v) is 4.29. The second-order valence-electron chi connectivity index (χ2n) is 4.29. The molecule has 0 bridgehead atoms. The lowest BCUT2D eigenvalue weighted by Gasteiger charge is -2.06. The van der Waals surface area contributed by atoms with Crippen LogP contribution in [0.4, 0.5) is 0 Å². The van der Waals surface area contributed by atoms with E-state index in [1.807, 2.05) is 6.26 Å². The summed E-state index contributed by atoms with van der Waals surface area (Å²) in [5, 5.41) is 0. The van der Waals surface area contributed by atoms with E-state index in [4.69, 9.17) is 4.42 Å². The van der Waals surface area contributed by atoms with Crippen LogP contribution in [0.3, 0.4) is 0 Å². The molecule has 1 aromatic rings. The summed E-state index contributed by atoms with van der Waals surface area (Å²) < 4.78 is 5.41. The number of hydrogen-bond donors (Lipinski definition) is 0. The van der Waals surface area contributed by atoms with E-state index in [2.05, 4.69) is 19.9 Å². The predicted octanol–water partition coefficient (Wildman–Crippen LogP) is 3.43. The summed E-state index contributed by atoms with van der Waals surface area (Å²) in [5.74, 6) is 2.97. The van der Waals surface area contributed by atoms with Crippen molar-refractivity contribution in [3.8, 4) is 0 Å². The smallest absolute Gasteiger partial charge is 0.103 e. The van der Waals surface area contributed by atoms with Gasteiger partial charge in [-0.25, -0.2) is 0 Å².